The van der Waals surface area contributed by atoms with Gasteiger partial charge in [0.1, 0.15) is 0 Å². The highest BCUT2D eigenvalue weighted by atomic mass is 32.1. The maximum absolute atomic E-state index is 12.9. The van der Waals surface area contributed by atoms with Gasteiger partial charge in [0.15, 0.2) is 0 Å². The van der Waals surface area contributed by atoms with Crippen molar-refractivity contribution in [2.24, 2.45) is 0 Å². The van der Waals surface area contributed by atoms with Gasteiger partial charge in [-0.05, 0) is 25.7 Å². The lowest BCUT2D eigenvalue weighted by Gasteiger charge is -2.26. The molecule has 6 nitrogen and oxygen atoms in total. The van der Waals surface area contributed by atoms with E-state index in [1.165, 1.54) is 11.3 Å². The van der Waals surface area contributed by atoms with Gasteiger partial charge in [0.05, 0.1) is 22.6 Å². The number of anilines is 1. The Labute approximate surface area is 144 Å². The average molecular weight is 347 g/mol. The summed E-state index contributed by atoms with van der Waals surface area (Å²) in [6, 6.07) is 0. The minimum absolute atomic E-state index is 0.0309. The summed E-state index contributed by atoms with van der Waals surface area (Å²) in [5.41, 5.74) is 5.20. The number of rotatable bonds is 6. The monoisotopic (exact) mass is 347 g/mol. The SMILES string of the molecule is O=C(CCCCCN1C(=O)c2cscc2NC2=CCCC=C21)NO. The first kappa shape index (κ1) is 16.7. The van der Waals surface area contributed by atoms with Crippen LogP contribution in [0.5, 0.6) is 0 Å². The van der Waals surface area contributed by atoms with Crippen LogP contribution in [0.3, 0.4) is 0 Å². The molecular weight excluding hydrogens is 326 g/mol. The number of thiophene rings is 1. The maximum Gasteiger partial charge on any atom is 0.261 e. The van der Waals surface area contributed by atoms with Crippen LogP contribution in [0.25, 0.3) is 0 Å². The van der Waals surface area contributed by atoms with Crippen LogP contribution >= 0.6 is 11.3 Å². The second-order valence-corrected chi connectivity index (χ2v) is 6.65. The van der Waals surface area contributed by atoms with Gasteiger partial charge in [-0.1, -0.05) is 18.6 Å². The van der Waals surface area contributed by atoms with Gasteiger partial charge in [0, 0.05) is 23.7 Å². The Hall–Kier alpha value is -2.12. The standard InChI is InChI=1S/C17H21N3O3S/c21-16(19-23)8-2-1-5-9-20-15-7-4-3-6-13(15)18-14-11-24-10-12(14)17(20)22/h6-7,10-11,18,23H,1-5,8-9H2,(H,19,21). The number of hydrogen-bond acceptors (Lipinski definition) is 5. The van der Waals surface area contributed by atoms with E-state index in [2.05, 4.69) is 17.5 Å². The van der Waals surface area contributed by atoms with Gasteiger partial charge >= 0.3 is 0 Å². The highest BCUT2D eigenvalue weighted by molar-refractivity contribution is 7.08. The van der Waals surface area contributed by atoms with E-state index in [0.29, 0.717) is 19.4 Å². The van der Waals surface area contributed by atoms with E-state index in [0.717, 1.165) is 48.3 Å². The van der Waals surface area contributed by atoms with E-state index in [9.17, 15) is 9.59 Å². The van der Waals surface area contributed by atoms with Crippen LogP contribution in [0, 0.1) is 0 Å². The topological polar surface area (TPSA) is 81.7 Å². The van der Waals surface area contributed by atoms with Crippen LogP contribution < -0.4 is 10.8 Å². The zero-order valence-electron chi connectivity index (χ0n) is 13.4. The fourth-order valence-corrected chi connectivity index (χ4v) is 3.76. The van der Waals surface area contributed by atoms with Gasteiger partial charge in [-0.15, -0.1) is 11.3 Å². The molecule has 7 heteroatoms. The van der Waals surface area contributed by atoms with Crippen LogP contribution in [0.15, 0.2) is 34.3 Å². The molecule has 0 atom stereocenters. The molecule has 2 amide bonds. The highest BCUT2D eigenvalue weighted by Crippen LogP contribution is 2.34. The van der Waals surface area contributed by atoms with Gasteiger partial charge in [-0.25, -0.2) is 5.48 Å². The van der Waals surface area contributed by atoms with E-state index in [-0.39, 0.29) is 11.8 Å². The molecule has 3 N–H and O–H groups in total. The number of carbonyl (C=O) groups excluding carboxylic acids is 2. The second kappa shape index (κ2) is 7.63. The summed E-state index contributed by atoms with van der Waals surface area (Å²) in [5, 5.41) is 15.7. The molecule has 2 heterocycles. The number of nitrogens with one attached hydrogen (secondary N) is 2. The fraction of sp³-hybridized carbons (Fsp3) is 0.412. The van der Waals surface area contributed by atoms with Crippen molar-refractivity contribution in [3.63, 3.8) is 0 Å². The molecule has 0 saturated heterocycles. The van der Waals surface area contributed by atoms with E-state index in [1.54, 1.807) is 5.48 Å². The molecule has 0 spiro atoms. The third-order valence-electron chi connectivity index (χ3n) is 4.24. The van der Waals surface area contributed by atoms with Crippen molar-refractivity contribution >= 4 is 28.8 Å². The predicted molar refractivity (Wildman–Crippen MR) is 92.8 cm³/mol. The number of fused-ring (bicyclic) bond motifs is 2. The van der Waals surface area contributed by atoms with Crippen LogP contribution in [-0.2, 0) is 4.79 Å². The van der Waals surface area contributed by atoms with Crippen molar-refractivity contribution < 1.29 is 14.8 Å². The summed E-state index contributed by atoms with van der Waals surface area (Å²) >= 11 is 1.52. The van der Waals surface area contributed by atoms with Gasteiger partial charge in [0.25, 0.3) is 5.91 Å². The smallest absolute Gasteiger partial charge is 0.261 e. The van der Waals surface area contributed by atoms with E-state index >= 15 is 0 Å². The first-order chi connectivity index (χ1) is 11.7. The van der Waals surface area contributed by atoms with Crippen molar-refractivity contribution in [1.82, 2.24) is 10.4 Å². The van der Waals surface area contributed by atoms with Crippen LogP contribution in [0.1, 0.15) is 48.9 Å². The largest absolute Gasteiger partial charge is 0.353 e. The molecule has 1 aliphatic carbocycles. The van der Waals surface area contributed by atoms with E-state index in [1.807, 2.05) is 15.7 Å². The van der Waals surface area contributed by atoms with E-state index < -0.39 is 0 Å². The molecule has 0 radical (unpaired) electrons. The first-order valence-corrected chi connectivity index (χ1v) is 9.13. The Kier molecular flexibility index (Phi) is 5.32. The summed E-state index contributed by atoms with van der Waals surface area (Å²) < 4.78 is 0. The Bertz CT molecular complexity index is 693. The zero-order valence-corrected chi connectivity index (χ0v) is 14.2. The highest BCUT2D eigenvalue weighted by Gasteiger charge is 2.29. The van der Waals surface area contributed by atoms with Crippen molar-refractivity contribution in [2.75, 3.05) is 11.9 Å². The molecule has 0 bridgehead atoms. The van der Waals surface area contributed by atoms with Crippen molar-refractivity contribution in [3.8, 4) is 0 Å². The molecular formula is C17H21N3O3S. The normalized spacial score (nSPS) is 16.4. The molecule has 3 rings (SSSR count). The minimum Gasteiger partial charge on any atom is -0.353 e. The lowest BCUT2D eigenvalue weighted by molar-refractivity contribution is -0.129. The van der Waals surface area contributed by atoms with Crippen molar-refractivity contribution in [3.05, 3.63) is 39.9 Å². The quantitative estimate of drug-likeness (QED) is 0.419. The third kappa shape index (κ3) is 3.52. The van der Waals surface area contributed by atoms with Crippen molar-refractivity contribution in [1.29, 1.82) is 0 Å². The van der Waals surface area contributed by atoms with Gasteiger partial charge in [-0.2, -0.15) is 0 Å². The minimum atomic E-state index is -0.367. The third-order valence-corrected chi connectivity index (χ3v) is 4.98. The van der Waals surface area contributed by atoms with Gasteiger partial charge < -0.3 is 10.2 Å². The van der Waals surface area contributed by atoms with Crippen LogP contribution in [-0.4, -0.2) is 28.5 Å². The number of carbonyl (C=O) groups is 2. The molecule has 1 aromatic heterocycles. The van der Waals surface area contributed by atoms with Gasteiger partial charge in [0.2, 0.25) is 5.91 Å². The summed E-state index contributed by atoms with van der Waals surface area (Å²) in [4.78, 5) is 25.8. The summed E-state index contributed by atoms with van der Waals surface area (Å²) in [6.07, 6.45) is 8.81. The summed E-state index contributed by atoms with van der Waals surface area (Å²) in [5.74, 6) is -0.337. The molecule has 0 unspecified atom stereocenters. The number of allylic oxidation sites excluding steroid dienone is 2. The molecule has 24 heavy (non-hydrogen) atoms. The Balaban J connectivity index is 1.68. The van der Waals surface area contributed by atoms with Crippen molar-refractivity contribution in [2.45, 2.75) is 38.5 Å². The Morgan fingerprint density at radius 1 is 1.25 bits per heavy atom. The fourth-order valence-electron chi connectivity index (χ4n) is 3.00. The molecule has 128 valence electrons. The van der Waals surface area contributed by atoms with Gasteiger partial charge in [-0.3, -0.25) is 14.8 Å². The molecule has 0 aromatic carbocycles. The molecule has 0 saturated carbocycles. The first-order valence-electron chi connectivity index (χ1n) is 8.19. The molecule has 1 aliphatic heterocycles. The zero-order chi connectivity index (χ0) is 16.9. The molecule has 0 fully saturated rings. The number of amides is 2. The number of unbranched alkanes of at least 4 members (excludes halogenated alkanes) is 2. The van der Waals surface area contributed by atoms with Crippen LogP contribution in [0.2, 0.25) is 0 Å². The predicted octanol–water partition coefficient (Wildman–Crippen LogP) is 3.24. The number of hydrogen-bond donors (Lipinski definition) is 3. The number of nitrogens with zero attached hydrogens (tertiary/aromatic N) is 1. The summed E-state index contributed by atoms with van der Waals surface area (Å²) in [7, 11) is 0. The maximum atomic E-state index is 12.9. The summed E-state index contributed by atoms with van der Waals surface area (Å²) in [6.45, 7) is 0.625. The second-order valence-electron chi connectivity index (χ2n) is 5.91. The number of hydroxylamine groups is 1. The van der Waals surface area contributed by atoms with Crippen LogP contribution in [0.4, 0.5) is 5.69 Å². The lowest BCUT2D eigenvalue weighted by Crippen LogP contribution is -2.31. The molecule has 1 aromatic rings. The lowest BCUT2D eigenvalue weighted by atomic mass is 10.1. The van der Waals surface area contributed by atoms with E-state index in [4.69, 9.17) is 5.21 Å². The molecule has 2 aliphatic rings. The average Bonchev–Trinajstić information content (AvgIpc) is 3.02. The Morgan fingerprint density at radius 2 is 2.08 bits per heavy atom. The Morgan fingerprint density at radius 3 is 2.92 bits per heavy atom.